The minimum Gasteiger partial charge on any atom is -0.399 e. The van der Waals surface area contributed by atoms with Gasteiger partial charge in [0.25, 0.3) is 0 Å². The number of aryl methyl sites for hydroxylation is 1. The number of hydrogen-bond acceptors (Lipinski definition) is 4. The number of nitrogens with one attached hydrogen (secondary N) is 1. The van der Waals surface area contributed by atoms with Crippen LogP contribution < -0.4 is 11.1 Å². The summed E-state index contributed by atoms with van der Waals surface area (Å²) in [6.07, 6.45) is 1.88. The molecule has 0 aliphatic heterocycles. The summed E-state index contributed by atoms with van der Waals surface area (Å²) >= 11 is 0. The van der Waals surface area contributed by atoms with Crippen LogP contribution >= 0.6 is 0 Å². The zero-order chi connectivity index (χ0) is 12.5. The Labute approximate surface area is 104 Å². The Hall–Kier alpha value is -2.56. The number of aromatic nitrogens is 3. The molecule has 3 rings (SSSR count). The predicted molar refractivity (Wildman–Crippen MR) is 72.6 cm³/mol. The maximum atomic E-state index is 5.73. The van der Waals surface area contributed by atoms with Gasteiger partial charge in [0.15, 0.2) is 5.82 Å². The first-order chi connectivity index (χ1) is 8.70. The molecule has 0 saturated carbocycles. The monoisotopic (exact) mass is 239 g/mol. The van der Waals surface area contributed by atoms with E-state index in [0.717, 1.165) is 28.2 Å². The number of hydrogen-bond donors (Lipinski definition) is 2. The molecule has 2 aromatic heterocycles. The molecule has 3 aromatic rings. The largest absolute Gasteiger partial charge is 0.399 e. The van der Waals surface area contributed by atoms with Crippen molar-refractivity contribution in [2.75, 3.05) is 11.1 Å². The highest BCUT2D eigenvalue weighted by atomic mass is 15.3. The minimum atomic E-state index is 0.745. The molecule has 1 aromatic carbocycles. The van der Waals surface area contributed by atoms with Crippen molar-refractivity contribution in [3.8, 4) is 0 Å². The highest BCUT2D eigenvalue weighted by Gasteiger charge is 2.01. The molecule has 0 saturated heterocycles. The Balaban J connectivity index is 1.96. The second-order valence-corrected chi connectivity index (χ2v) is 4.15. The zero-order valence-corrected chi connectivity index (χ0v) is 9.96. The highest BCUT2D eigenvalue weighted by Crippen LogP contribution is 2.19. The van der Waals surface area contributed by atoms with Crippen LogP contribution in [-0.4, -0.2) is 14.8 Å². The summed E-state index contributed by atoms with van der Waals surface area (Å²) in [6.45, 7) is 0. The van der Waals surface area contributed by atoms with E-state index >= 15 is 0 Å². The van der Waals surface area contributed by atoms with Crippen LogP contribution in [0.4, 0.5) is 17.3 Å². The number of nitrogens with two attached hydrogens (primary N) is 1. The molecular weight excluding hydrogens is 226 g/mol. The molecule has 0 spiro atoms. The van der Waals surface area contributed by atoms with Crippen molar-refractivity contribution in [2.45, 2.75) is 0 Å². The summed E-state index contributed by atoms with van der Waals surface area (Å²) in [5.74, 6) is 1.55. The summed E-state index contributed by atoms with van der Waals surface area (Å²) < 4.78 is 1.74. The number of pyridine rings is 1. The lowest BCUT2D eigenvalue weighted by Gasteiger charge is -2.04. The van der Waals surface area contributed by atoms with E-state index in [9.17, 15) is 0 Å². The number of nitrogen functional groups attached to an aromatic ring is 1. The van der Waals surface area contributed by atoms with E-state index in [1.807, 2.05) is 49.6 Å². The van der Waals surface area contributed by atoms with Gasteiger partial charge in [-0.1, -0.05) is 0 Å². The third kappa shape index (κ3) is 1.98. The van der Waals surface area contributed by atoms with Crippen LogP contribution in [0.1, 0.15) is 0 Å². The molecule has 18 heavy (non-hydrogen) atoms. The minimum absolute atomic E-state index is 0.745. The van der Waals surface area contributed by atoms with Gasteiger partial charge in [-0.05, 0) is 30.3 Å². The molecule has 0 unspecified atom stereocenters. The molecular formula is C13H13N5. The summed E-state index contributed by atoms with van der Waals surface area (Å²) in [4.78, 5) is 4.50. The SMILES string of the molecule is Cn1ccc(Nc2ccc3cc(N)ccc3n2)n1. The van der Waals surface area contributed by atoms with Crippen LogP contribution in [0, 0.1) is 0 Å². The van der Waals surface area contributed by atoms with Crippen molar-refractivity contribution in [1.82, 2.24) is 14.8 Å². The van der Waals surface area contributed by atoms with Gasteiger partial charge in [-0.25, -0.2) is 4.98 Å². The number of fused-ring (bicyclic) bond motifs is 1. The van der Waals surface area contributed by atoms with Crippen molar-refractivity contribution >= 4 is 28.2 Å². The standard InChI is InChI=1S/C13H13N5/c1-18-7-6-13(17-18)16-12-5-2-9-8-10(14)3-4-11(9)15-12/h2-8H,14H2,1H3,(H,15,16,17). The molecule has 90 valence electrons. The molecule has 0 fully saturated rings. The Morgan fingerprint density at radius 1 is 1.11 bits per heavy atom. The maximum absolute atomic E-state index is 5.73. The normalized spacial score (nSPS) is 10.7. The summed E-state index contributed by atoms with van der Waals surface area (Å²) in [6, 6.07) is 11.5. The van der Waals surface area contributed by atoms with Crippen molar-refractivity contribution < 1.29 is 0 Å². The maximum Gasteiger partial charge on any atom is 0.153 e. The lowest BCUT2D eigenvalue weighted by atomic mass is 10.2. The van der Waals surface area contributed by atoms with Crippen LogP contribution in [0.15, 0.2) is 42.6 Å². The second-order valence-electron chi connectivity index (χ2n) is 4.15. The van der Waals surface area contributed by atoms with Crippen molar-refractivity contribution in [2.24, 2.45) is 7.05 Å². The fourth-order valence-electron chi connectivity index (χ4n) is 1.83. The summed E-state index contributed by atoms with van der Waals surface area (Å²) in [5, 5.41) is 8.43. The van der Waals surface area contributed by atoms with Gasteiger partial charge in [0.2, 0.25) is 0 Å². The third-order valence-electron chi connectivity index (χ3n) is 2.68. The lowest BCUT2D eigenvalue weighted by molar-refractivity contribution is 0.771. The topological polar surface area (TPSA) is 68.8 Å². The zero-order valence-electron chi connectivity index (χ0n) is 9.96. The molecule has 3 N–H and O–H groups in total. The Morgan fingerprint density at radius 2 is 2.00 bits per heavy atom. The highest BCUT2D eigenvalue weighted by molar-refractivity contribution is 5.83. The molecule has 5 heteroatoms. The van der Waals surface area contributed by atoms with Crippen LogP contribution in [0.25, 0.3) is 10.9 Å². The molecule has 2 heterocycles. The molecule has 0 aliphatic rings. The van der Waals surface area contributed by atoms with Crippen molar-refractivity contribution in [3.05, 3.63) is 42.6 Å². The van der Waals surface area contributed by atoms with Crippen LogP contribution in [0.5, 0.6) is 0 Å². The number of benzene rings is 1. The van der Waals surface area contributed by atoms with Crippen molar-refractivity contribution in [3.63, 3.8) is 0 Å². The Bertz CT molecular complexity index is 701. The molecule has 0 amide bonds. The summed E-state index contributed by atoms with van der Waals surface area (Å²) in [5.41, 5.74) is 7.38. The van der Waals surface area contributed by atoms with Gasteiger partial charge in [-0.2, -0.15) is 5.10 Å². The molecule has 0 atom stereocenters. The Kier molecular flexibility index (Phi) is 2.37. The average molecular weight is 239 g/mol. The Morgan fingerprint density at radius 3 is 2.78 bits per heavy atom. The van der Waals surface area contributed by atoms with E-state index in [4.69, 9.17) is 5.73 Å². The molecule has 0 bridgehead atoms. The first kappa shape index (κ1) is 10.6. The average Bonchev–Trinajstić information content (AvgIpc) is 2.75. The van der Waals surface area contributed by atoms with Crippen LogP contribution in [0.3, 0.4) is 0 Å². The van der Waals surface area contributed by atoms with Crippen LogP contribution in [0.2, 0.25) is 0 Å². The van der Waals surface area contributed by atoms with E-state index < -0.39 is 0 Å². The first-order valence-electron chi connectivity index (χ1n) is 5.64. The number of rotatable bonds is 2. The van der Waals surface area contributed by atoms with Gasteiger partial charge in [-0.3, -0.25) is 4.68 Å². The molecule has 0 radical (unpaired) electrons. The van der Waals surface area contributed by atoms with Gasteiger partial charge in [-0.15, -0.1) is 0 Å². The van der Waals surface area contributed by atoms with E-state index in [-0.39, 0.29) is 0 Å². The van der Waals surface area contributed by atoms with Gasteiger partial charge < -0.3 is 11.1 Å². The van der Waals surface area contributed by atoms with E-state index in [2.05, 4.69) is 15.4 Å². The number of nitrogens with zero attached hydrogens (tertiary/aromatic N) is 3. The van der Waals surface area contributed by atoms with Gasteiger partial charge in [0, 0.05) is 30.4 Å². The van der Waals surface area contributed by atoms with Gasteiger partial charge in [0.1, 0.15) is 5.82 Å². The fraction of sp³-hybridized carbons (Fsp3) is 0.0769. The summed E-state index contributed by atoms with van der Waals surface area (Å²) in [7, 11) is 1.88. The van der Waals surface area contributed by atoms with E-state index in [0.29, 0.717) is 0 Å². The molecule has 0 aliphatic carbocycles. The quantitative estimate of drug-likeness (QED) is 0.673. The number of anilines is 3. The lowest BCUT2D eigenvalue weighted by Crippen LogP contribution is -1.96. The fourth-order valence-corrected chi connectivity index (χ4v) is 1.83. The first-order valence-corrected chi connectivity index (χ1v) is 5.64. The third-order valence-corrected chi connectivity index (χ3v) is 2.68. The predicted octanol–water partition coefficient (Wildman–Crippen LogP) is 2.29. The van der Waals surface area contributed by atoms with Gasteiger partial charge >= 0.3 is 0 Å². The van der Waals surface area contributed by atoms with Gasteiger partial charge in [0.05, 0.1) is 5.52 Å². The van der Waals surface area contributed by atoms with E-state index in [1.165, 1.54) is 0 Å². The molecule has 5 nitrogen and oxygen atoms in total. The van der Waals surface area contributed by atoms with E-state index in [1.54, 1.807) is 4.68 Å². The second kappa shape index (κ2) is 4.03. The van der Waals surface area contributed by atoms with Crippen molar-refractivity contribution in [1.29, 1.82) is 0 Å². The van der Waals surface area contributed by atoms with Crippen LogP contribution in [-0.2, 0) is 7.05 Å². The smallest absolute Gasteiger partial charge is 0.153 e.